The highest BCUT2D eigenvalue weighted by Gasteiger charge is 2.18. The average Bonchev–Trinajstić information content (AvgIpc) is 2.26. The molecule has 0 aliphatic carbocycles. The molecule has 0 bridgehead atoms. The van der Waals surface area contributed by atoms with E-state index in [1.54, 1.807) is 0 Å². The third kappa shape index (κ3) is 2.45. The van der Waals surface area contributed by atoms with Crippen molar-refractivity contribution in [2.45, 2.75) is 33.4 Å². The lowest BCUT2D eigenvalue weighted by atomic mass is 10.0. The predicted molar refractivity (Wildman–Crippen MR) is 68.7 cm³/mol. The summed E-state index contributed by atoms with van der Waals surface area (Å²) >= 11 is 0. The minimum Gasteiger partial charge on any atom is -0.314 e. The number of hydrogen-bond acceptors (Lipinski definition) is 2. The first-order chi connectivity index (χ1) is 7.68. The third-order valence-electron chi connectivity index (χ3n) is 3.64. The molecule has 1 N–H and O–H groups in total. The van der Waals surface area contributed by atoms with Crippen molar-refractivity contribution in [1.82, 2.24) is 10.2 Å². The van der Waals surface area contributed by atoms with Gasteiger partial charge in [-0.2, -0.15) is 0 Å². The molecule has 2 heteroatoms. The van der Waals surface area contributed by atoms with Gasteiger partial charge in [0.1, 0.15) is 0 Å². The van der Waals surface area contributed by atoms with E-state index in [1.165, 1.54) is 16.7 Å². The summed E-state index contributed by atoms with van der Waals surface area (Å²) in [5.41, 5.74) is 4.35. The smallest absolute Gasteiger partial charge is 0.0242 e. The minimum atomic E-state index is 0.646. The molecule has 0 amide bonds. The summed E-state index contributed by atoms with van der Waals surface area (Å²) in [6.45, 7) is 11.2. The highest BCUT2D eigenvalue weighted by molar-refractivity contribution is 5.33. The van der Waals surface area contributed by atoms with Crippen LogP contribution in [0.3, 0.4) is 0 Å². The molecule has 1 aromatic rings. The molecular formula is C14H22N2. The Morgan fingerprint density at radius 3 is 2.62 bits per heavy atom. The standard InChI is InChI=1S/C14H22N2/c1-11-5-4-6-12(2)14(11)10-16-8-7-15-9-13(16)3/h4-6,13,15H,7-10H2,1-3H3/t13-/m0/s1. The van der Waals surface area contributed by atoms with Gasteiger partial charge in [0.15, 0.2) is 0 Å². The molecule has 88 valence electrons. The van der Waals surface area contributed by atoms with E-state index in [1.807, 2.05) is 0 Å². The van der Waals surface area contributed by atoms with Crippen molar-refractivity contribution in [1.29, 1.82) is 0 Å². The van der Waals surface area contributed by atoms with Crippen molar-refractivity contribution in [3.63, 3.8) is 0 Å². The molecule has 16 heavy (non-hydrogen) atoms. The van der Waals surface area contributed by atoms with E-state index in [4.69, 9.17) is 0 Å². The number of rotatable bonds is 2. The molecule has 1 aliphatic heterocycles. The van der Waals surface area contributed by atoms with Crippen LogP contribution in [0.15, 0.2) is 18.2 Å². The van der Waals surface area contributed by atoms with Crippen LogP contribution in [0.5, 0.6) is 0 Å². The zero-order valence-corrected chi connectivity index (χ0v) is 10.6. The van der Waals surface area contributed by atoms with Gasteiger partial charge in [0.25, 0.3) is 0 Å². The number of aryl methyl sites for hydroxylation is 2. The molecule has 0 aromatic heterocycles. The fraction of sp³-hybridized carbons (Fsp3) is 0.571. The van der Waals surface area contributed by atoms with Gasteiger partial charge in [0.05, 0.1) is 0 Å². The second-order valence-electron chi connectivity index (χ2n) is 4.89. The van der Waals surface area contributed by atoms with E-state index in [2.05, 4.69) is 49.2 Å². The minimum absolute atomic E-state index is 0.646. The van der Waals surface area contributed by atoms with Crippen molar-refractivity contribution in [2.75, 3.05) is 19.6 Å². The van der Waals surface area contributed by atoms with E-state index < -0.39 is 0 Å². The van der Waals surface area contributed by atoms with Crippen molar-refractivity contribution in [3.05, 3.63) is 34.9 Å². The SMILES string of the molecule is Cc1cccc(C)c1CN1CCNC[C@@H]1C. The Balaban J connectivity index is 2.13. The van der Waals surface area contributed by atoms with Crippen LogP contribution in [-0.4, -0.2) is 30.6 Å². The predicted octanol–water partition coefficient (Wildman–Crippen LogP) is 2.10. The number of nitrogens with one attached hydrogen (secondary N) is 1. The Bertz CT molecular complexity index is 340. The first-order valence-corrected chi connectivity index (χ1v) is 6.18. The van der Waals surface area contributed by atoms with Gasteiger partial charge in [-0.1, -0.05) is 18.2 Å². The van der Waals surface area contributed by atoms with Crippen LogP contribution >= 0.6 is 0 Å². The van der Waals surface area contributed by atoms with Gasteiger partial charge in [0.2, 0.25) is 0 Å². The number of nitrogens with zero attached hydrogens (tertiary/aromatic N) is 1. The summed E-state index contributed by atoms with van der Waals surface area (Å²) in [5.74, 6) is 0. The van der Waals surface area contributed by atoms with E-state index in [-0.39, 0.29) is 0 Å². The van der Waals surface area contributed by atoms with Crippen molar-refractivity contribution in [3.8, 4) is 0 Å². The maximum Gasteiger partial charge on any atom is 0.0242 e. The summed E-state index contributed by atoms with van der Waals surface area (Å²) in [5, 5.41) is 3.44. The van der Waals surface area contributed by atoms with Gasteiger partial charge in [-0.05, 0) is 37.5 Å². The topological polar surface area (TPSA) is 15.3 Å². The average molecular weight is 218 g/mol. The van der Waals surface area contributed by atoms with E-state index in [9.17, 15) is 0 Å². The second kappa shape index (κ2) is 4.98. The Morgan fingerprint density at radius 1 is 1.31 bits per heavy atom. The fourth-order valence-electron chi connectivity index (χ4n) is 2.42. The van der Waals surface area contributed by atoms with Crippen molar-refractivity contribution >= 4 is 0 Å². The van der Waals surface area contributed by atoms with Gasteiger partial charge >= 0.3 is 0 Å². The highest BCUT2D eigenvalue weighted by Crippen LogP contribution is 2.17. The van der Waals surface area contributed by atoms with Crippen LogP contribution in [0.2, 0.25) is 0 Å². The summed E-state index contributed by atoms with van der Waals surface area (Å²) in [7, 11) is 0. The van der Waals surface area contributed by atoms with Crippen LogP contribution in [0.1, 0.15) is 23.6 Å². The van der Waals surface area contributed by atoms with E-state index in [0.29, 0.717) is 6.04 Å². The molecule has 1 saturated heterocycles. The Kier molecular flexibility index (Phi) is 3.62. The number of piperazine rings is 1. The van der Waals surface area contributed by atoms with Crippen molar-refractivity contribution < 1.29 is 0 Å². The fourth-order valence-corrected chi connectivity index (χ4v) is 2.42. The van der Waals surface area contributed by atoms with Crippen LogP contribution in [0.4, 0.5) is 0 Å². The summed E-state index contributed by atoms with van der Waals surface area (Å²) in [4.78, 5) is 2.58. The van der Waals surface area contributed by atoms with Gasteiger partial charge < -0.3 is 5.32 Å². The van der Waals surface area contributed by atoms with Crippen molar-refractivity contribution in [2.24, 2.45) is 0 Å². The zero-order valence-electron chi connectivity index (χ0n) is 10.6. The van der Waals surface area contributed by atoms with Gasteiger partial charge in [-0.3, -0.25) is 4.90 Å². The lowest BCUT2D eigenvalue weighted by Gasteiger charge is -2.34. The molecule has 1 aliphatic rings. The second-order valence-corrected chi connectivity index (χ2v) is 4.89. The summed E-state index contributed by atoms with van der Waals surface area (Å²) < 4.78 is 0. The first kappa shape index (κ1) is 11.6. The zero-order chi connectivity index (χ0) is 11.5. The molecule has 1 fully saturated rings. The van der Waals surface area contributed by atoms with Crippen LogP contribution in [0.25, 0.3) is 0 Å². The van der Waals surface area contributed by atoms with Gasteiger partial charge in [0, 0.05) is 32.2 Å². The summed E-state index contributed by atoms with van der Waals surface area (Å²) in [6.07, 6.45) is 0. The molecule has 0 unspecified atom stereocenters. The van der Waals surface area contributed by atoms with Gasteiger partial charge in [-0.15, -0.1) is 0 Å². The van der Waals surface area contributed by atoms with E-state index >= 15 is 0 Å². The highest BCUT2D eigenvalue weighted by atomic mass is 15.2. The molecule has 1 aromatic carbocycles. The van der Waals surface area contributed by atoms with Crippen LogP contribution in [-0.2, 0) is 6.54 Å². The quantitative estimate of drug-likeness (QED) is 0.818. The molecule has 2 nitrogen and oxygen atoms in total. The number of hydrogen-bond donors (Lipinski definition) is 1. The Labute approximate surface area is 98.7 Å². The maximum absolute atomic E-state index is 3.44. The lowest BCUT2D eigenvalue weighted by Crippen LogP contribution is -2.49. The Hall–Kier alpha value is -0.860. The largest absolute Gasteiger partial charge is 0.314 e. The molecule has 0 spiro atoms. The van der Waals surface area contributed by atoms with Crippen LogP contribution in [0, 0.1) is 13.8 Å². The van der Waals surface area contributed by atoms with E-state index in [0.717, 1.165) is 26.2 Å². The molecule has 0 radical (unpaired) electrons. The molecule has 0 saturated carbocycles. The maximum atomic E-state index is 3.44. The first-order valence-electron chi connectivity index (χ1n) is 6.18. The summed E-state index contributed by atoms with van der Waals surface area (Å²) in [6, 6.07) is 7.23. The van der Waals surface area contributed by atoms with Crippen LogP contribution < -0.4 is 5.32 Å². The Morgan fingerprint density at radius 2 is 2.00 bits per heavy atom. The lowest BCUT2D eigenvalue weighted by molar-refractivity contribution is 0.165. The van der Waals surface area contributed by atoms with Gasteiger partial charge in [-0.25, -0.2) is 0 Å². The molecule has 1 heterocycles. The molecular weight excluding hydrogens is 196 g/mol. The number of benzene rings is 1. The normalized spacial score (nSPS) is 22.3. The monoisotopic (exact) mass is 218 g/mol. The third-order valence-corrected chi connectivity index (χ3v) is 3.64. The molecule has 1 atom stereocenters. The molecule has 2 rings (SSSR count).